The Bertz CT molecular complexity index is 843. The second kappa shape index (κ2) is 26.6. The Morgan fingerprint density at radius 2 is 0.786 bits per heavy atom. The monoisotopic (exact) mass is 614 g/mol. The molecule has 0 saturated heterocycles. The van der Waals surface area contributed by atoms with Gasteiger partial charge in [0.1, 0.15) is 0 Å². The molecule has 42 heavy (non-hydrogen) atoms. The molecule has 0 unspecified atom stereocenters. The maximum absolute atomic E-state index is 11.9. The Morgan fingerprint density at radius 1 is 0.476 bits per heavy atom. The van der Waals surface area contributed by atoms with Crippen molar-refractivity contribution in [2.45, 2.75) is 129 Å². The number of rotatable bonds is 27. The fourth-order valence-electron chi connectivity index (χ4n) is 4.71. The number of carbonyl (C=O) groups is 2. The van der Waals surface area contributed by atoms with Crippen molar-refractivity contribution in [3.05, 3.63) is 60.2 Å². The zero-order valence-corrected chi connectivity index (χ0v) is 27.3. The molecule has 234 valence electrons. The van der Waals surface area contributed by atoms with E-state index in [1.54, 1.807) is 24.8 Å². The number of pyridine rings is 2. The third-order valence-electron chi connectivity index (χ3n) is 7.32. The van der Waals surface area contributed by atoms with Crippen molar-refractivity contribution in [1.82, 2.24) is 20.6 Å². The van der Waals surface area contributed by atoms with Gasteiger partial charge in [0.15, 0.2) is 0 Å². The molecule has 0 aliphatic heterocycles. The van der Waals surface area contributed by atoms with Crippen molar-refractivity contribution >= 4 is 33.4 Å². The molecule has 2 amide bonds. The highest BCUT2D eigenvalue weighted by Crippen LogP contribution is 2.25. The van der Waals surface area contributed by atoms with Gasteiger partial charge >= 0.3 is 0 Å². The minimum Gasteiger partial charge on any atom is -0.352 e. The van der Waals surface area contributed by atoms with Crippen LogP contribution in [-0.2, 0) is 22.7 Å². The molecule has 2 aromatic rings. The highest BCUT2D eigenvalue weighted by Gasteiger charge is 2.03. The lowest BCUT2D eigenvalue weighted by Crippen LogP contribution is -2.22. The standard InChI is InChI=1S/C34H54N4O2S2/c39-33(37-29-31-19-23-35-24-20-31)17-13-9-5-1-3-7-11-15-27-41-42-28-16-12-8-4-2-6-10-14-18-34(40)38-30-32-21-25-36-26-22-32/h19-26H,1-18,27-30H2,(H,37,39)(H,38,40). The van der Waals surface area contributed by atoms with E-state index in [2.05, 4.69) is 42.2 Å². The van der Waals surface area contributed by atoms with E-state index in [-0.39, 0.29) is 11.8 Å². The summed E-state index contributed by atoms with van der Waals surface area (Å²) in [6.45, 7) is 1.19. The summed E-state index contributed by atoms with van der Waals surface area (Å²) >= 11 is 0. The van der Waals surface area contributed by atoms with Crippen LogP contribution >= 0.6 is 21.6 Å². The average molecular weight is 615 g/mol. The Kier molecular flexibility index (Phi) is 22.8. The number of unbranched alkanes of at least 4 members (excludes halogenated alkanes) is 14. The first-order valence-electron chi connectivity index (χ1n) is 16.3. The van der Waals surface area contributed by atoms with E-state index in [1.165, 1.54) is 88.6 Å². The number of aromatic nitrogens is 2. The van der Waals surface area contributed by atoms with Gasteiger partial charge in [0, 0.05) is 62.2 Å². The van der Waals surface area contributed by atoms with Crippen LogP contribution < -0.4 is 10.6 Å². The zero-order valence-electron chi connectivity index (χ0n) is 25.7. The third-order valence-corrected chi connectivity index (χ3v) is 9.90. The van der Waals surface area contributed by atoms with E-state index in [0.29, 0.717) is 25.9 Å². The van der Waals surface area contributed by atoms with Gasteiger partial charge in [-0.1, -0.05) is 98.6 Å². The molecule has 0 saturated carbocycles. The van der Waals surface area contributed by atoms with Gasteiger partial charge < -0.3 is 10.6 Å². The van der Waals surface area contributed by atoms with Crippen molar-refractivity contribution in [3.63, 3.8) is 0 Å². The molecule has 0 aliphatic rings. The predicted molar refractivity (Wildman–Crippen MR) is 180 cm³/mol. The van der Waals surface area contributed by atoms with E-state index in [4.69, 9.17) is 0 Å². The molecule has 6 nitrogen and oxygen atoms in total. The summed E-state index contributed by atoms with van der Waals surface area (Å²) in [5, 5.41) is 5.98. The van der Waals surface area contributed by atoms with Gasteiger partial charge in [-0.05, 0) is 61.1 Å². The van der Waals surface area contributed by atoms with Gasteiger partial charge in [-0.25, -0.2) is 0 Å². The van der Waals surface area contributed by atoms with Gasteiger partial charge in [0.25, 0.3) is 0 Å². The van der Waals surface area contributed by atoms with Crippen LogP contribution in [0.2, 0.25) is 0 Å². The number of amides is 2. The molecule has 0 radical (unpaired) electrons. The summed E-state index contributed by atoms with van der Waals surface area (Å²) in [6, 6.07) is 7.74. The lowest BCUT2D eigenvalue weighted by Gasteiger charge is -2.06. The van der Waals surface area contributed by atoms with Gasteiger partial charge in [0.05, 0.1) is 0 Å². The minimum atomic E-state index is 0.154. The van der Waals surface area contributed by atoms with E-state index in [9.17, 15) is 9.59 Å². The molecule has 0 aliphatic carbocycles. The van der Waals surface area contributed by atoms with Crippen LogP contribution in [0.25, 0.3) is 0 Å². The van der Waals surface area contributed by atoms with Crippen molar-refractivity contribution < 1.29 is 9.59 Å². The van der Waals surface area contributed by atoms with E-state index < -0.39 is 0 Å². The van der Waals surface area contributed by atoms with Crippen LogP contribution in [0.3, 0.4) is 0 Å². The van der Waals surface area contributed by atoms with Gasteiger partial charge in [-0.15, -0.1) is 0 Å². The summed E-state index contributed by atoms with van der Waals surface area (Å²) in [6.07, 6.45) is 28.4. The molecule has 0 atom stereocenters. The molecular formula is C34H54N4O2S2. The summed E-state index contributed by atoms with van der Waals surface area (Å²) in [4.78, 5) is 31.9. The van der Waals surface area contributed by atoms with Gasteiger partial charge in [0.2, 0.25) is 11.8 Å². The first-order chi connectivity index (χ1) is 20.7. The van der Waals surface area contributed by atoms with Crippen LogP contribution in [0.5, 0.6) is 0 Å². The second-order valence-electron chi connectivity index (χ2n) is 11.1. The van der Waals surface area contributed by atoms with Crippen molar-refractivity contribution in [2.24, 2.45) is 0 Å². The Morgan fingerprint density at radius 3 is 1.14 bits per heavy atom. The average Bonchev–Trinajstić information content (AvgIpc) is 3.02. The quantitative estimate of drug-likeness (QED) is 0.0773. The van der Waals surface area contributed by atoms with Gasteiger partial charge in [-0.3, -0.25) is 19.6 Å². The molecule has 0 bridgehead atoms. The van der Waals surface area contributed by atoms with Crippen LogP contribution in [0.4, 0.5) is 0 Å². The largest absolute Gasteiger partial charge is 0.352 e. The van der Waals surface area contributed by atoms with Crippen LogP contribution in [0.1, 0.15) is 127 Å². The smallest absolute Gasteiger partial charge is 0.220 e. The van der Waals surface area contributed by atoms with Gasteiger partial charge in [-0.2, -0.15) is 0 Å². The molecule has 0 spiro atoms. The topological polar surface area (TPSA) is 84.0 Å². The summed E-state index contributed by atoms with van der Waals surface area (Å²) in [5.41, 5.74) is 2.19. The Hall–Kier alpha value is -2.06. The molecule has 2 heterocycles. The predicted octanol–water partition coefficient (Wildman–Crippen LogP) is 8.81. The lowest BCUT2D eigenvalue weighted by molar-refractivity contribution is -0.122. The van der Waals surface area contributed by atoms with Crippen LogP contribution in [0.15, 0.2) is 49.1 Å². The number of carbonyl (C=O) groups excluding carboxylic acids is 2. The normalized spacial score (nSPS) is 11.0. The Balaban J connectivity index is 1.20. The van der Waals surface area contributed by atoms with E-state index >= 15 is 0 Å². The zero-order chi connectivity index (χ0) is 29.8. The summed E-state index contributed by atoms with van der Waals surface area (Å²) in [7, 11) is 4.11. The highest BCUT2D eigenvalue weighted by molar-refractivity contribution is 8.76. The molecule has 0 aromatic carbocycles. The van der Waals surface area contributed by atoms with Crippen molar-refractivity contribution in [2.75, 3.05) is 11.5 Å². The fourth-order valence-corrected chi connectivity index (χ4v) is 7.01. The summed E-state index contributed by atoms with van der Waals surface area (Å²) < 4.78 is 0. The molecule has 8 heteroatoms. The first-order valence-corrected chi connectivity index (χ1v) is 18.8. The maximum Gasteiger partial charge on any atom is 0.220 e. The third kappa shape index (κ3) is 21.6. The van der Waals surface area contributed by atoms with Crippen molar-refractivity contribution in [1.29, 1.82) is 0 Å². The number of nitrogens with one attached hydrogen (secondary N) is 2. The van der Waals surface area contributed by atoms with Crippen LogP contribution in [-0.4, -0.2) is 33.3 Å². The minimum absolute atomic E-state index is 0.154. The van der Waals surface area contributed by atoms with E-state index in [0.717, 1.165) is 36.8 Å². The SMILES string of the molecule is O=C(CCCCCCCCCCSSCCCCCCCCCCC(=O)NCc1ccncc1)NCc1ccncc1. The summed E-state index contributed by atoms with van der Waals surface area (Å²) in [5.74, 6) is 2.87. The lowest BCUT2D eigenvalue weighted by atomic mass is 10.1. The molecule has 0 fully saturated rings. The fraction of sp³-hybridized carbons (Fsp3) is 0.647. The highest BCUT2D eigenvalue weighted by atomic mass is 33.1. The number of nitrogens with zero attached hydrogens (tertiary/aromatic N) is 2. The maximum atomic E-state index is 11.9. The van der Waals surface area contributed by atoms with E-state index in [1.807, 2.05) is 24.3 Å². The Labute approximate surface area is 263 Å². The molecule has 2 N–H and O–H groups in total. The number of hydrogen-bond donors (Lipinski definition) is 2. The molecule has 2 aromatic heterocycles. The van der Waals surface area contributed by atoms with Crippen molar-refractivity contribution in [3.8, 4) is 0 Å². The van der Waals surface area contributed by atoms with Crippen LogP contribution in [0, 0.1) is 0 Å². The molecular weight excluding hydrogens is 561 g/mol. The second-order valence-corrected chi connectivity index (χ2v) is 13.8. The molecule has 2 rings (SSSR count). The number of hydrogen-bond acceptors (Lipinski definition) is 6. The first kappa shape index (κ1) is 36.1.